The van der Waals surface area contributed by atoms with Crippen molar-refractivity contribution in [3.63, 3.8) is 0 Å². The molecule has 0 atom stereocenters. The van der Waals surface area contributed by atoms with E-state index < -0.39 is 0 Å². The van der Waals surface area contributed by atoms with Crippen molar-refractivity contribution in [1.82, 2.24) is 15.3 Å². The normalized spacial score (nSPS) is 12.8. The van der Waals surface area contributed by atoms with Crippen LogP contribution in [0.4, 0.5) is 11.6 Å². The molecule has 7 nitrogen and oxygen atoms in total. The lowest BCUT2D eigenvalue weighted by atomic mass is 10.1. The number of carbonyl (C=O) groups excluding carboxylic acids is 2. The number of halogens is 2. The summed E-state index contributed by atoms with van der Waals surface area (Å²) in [6.07, 6.45) is 4.30. The predicted molar refractivity (Wildman–Crippen MR) is 131 cm³/mol. The summed E-state index contributed by atoms with van der Waals surface area (Å²) in [5, 5.41) is 9.55. The molecule has 2 aromatic carbocycles. The number of hydrogen-bond donors (Lipinski definition) is 3. The second-order valence-corrected chi connectivity index (χ2v) is 8.55. The highest BCUT2D eigenvalue weighted by molar-refractivity contribution is 6.39. The molecule has 1 fully saturated rings. The summed E-state index contributed by atoms with van der Waals surface area (Å²) < 4.78 is 0. The number of rotatable bonds is 9. The van der Waals surface area contributed by atoms with Crippen LogP contribution in [-0.2, 0) is 4.79 Å². The van der Waals surface area contributed by atoms with Crippen molar-refractivity contribution in [1.29, 1.82) is 0 Å². The van der Waals surface area contributed by atoms with Crippen molar-refractivity contribution in [2.24, 2.45) is 5.92 Å². The summed E-state index contributed by atoms with van der Waals surface area (Å²) in [6, 6.07) is 14.4. The maximum Gasteiger partial charge on any atom is 0.254 e. The van der Waals surface area contributed by atoms with Gasteiger partial charge < -0.3 is 16.0 Å². The molecule has 0 aliphatic heterocycles. The van der Waals surface area contributed by atoms with Crippen molar-refractivity contribution >= 4 is 46.7 Å². The number of anilines is 2. The summed E-state index contributed by atoms with van der Waals surface area (Å²) >= 11 is 12.1. The molecule has 1 aliphatic carbocycles. The molecule has 9 heteroatoms. The molecule has 4 rings (SSSR count). The zero-order chi connectivity index (χ0) is 23.2. The van der Waals surface area contributed by atoms with Crippen LogP contribution in [0, 0.1) is 5.92 Å². The fourth-order valence-electron chi connectivity index (χ4n) is 3.21. The van der Waals surface area contributed by atoms with Crippen LogP contribution in [0.3, 0.4) is 0 Å². The number of benzene rings is 2. The molecule has 0 bridgehead atoms. The molecule has 0 spiro atoms. The van der Waals surface area contributed by atoms with Gasteiger partial charge in [-0.3, -0.25) is 9.59 Å². The van der Waals surface area contributed by atoms with Gasteiger partial charge in [0.15, 0.2) is 0 Å². The molecule has 170 valence electrons. The Hall–Kier alpha value is -3.16. The Morgan fingerprint density at radius 1 is 0.970 bits per heavy atom. The minimum absolute atomic E-state index is 0.0856. The fraction of sp³-hybridized carbons (Fsp3) is 0.250. The van der Waals surface area contributed by atoms with Crippen molar-refractivity contribution in [2.75, 3.05) is 23.7 Å². The molecule has 3 aromatic rings. The Labute approximate surface area is 201 Å². The Kier molecular flexibility index (Phi) is 7.42. The van der Waals surface area contributed by atoms with Gasteiger partial charge in [0.2, 0.25) is 11.9 Å². The third-order valence-corrected chi connectivity index (χ3v) is 5.79. The van der Waals surface area contributed by atoms with E-state index in [1.807, 2.05) is 30.3 Å². The van der Waals surface area contributed by atoms with E-state index in [9.17, 15) is 9.59 Å². The topological polar surface area (TPSA) is 96.0 Å². The highest BCUT2D eigenvalue weighted by Crippen LogP contribution is 2.30. The summed E-state index contributed by atoms with van der Waals surface area (Å²) in [7, 11) is 0. The van der Waals surface area contributed by atoms with Crippen LogP contribution < -0.4 is 16.0 Å². The SMILES string of the molecule is O=C(NCCCNc1nccc(-c2ccc(NC(=O)C3CC3)cc2)n1)c1c(Cl)cccc1Cl. The van der Waals surface area contributed by atoms with Gasteiger partial charge in [-0.15, -0.1) is 0 Å². The van der Waals surface area contributed by atoms with Crippen molar-refractivity contribution in [3.8, 4) is 11.3 Å². The van der Waals surface area contributed by atoms with Crippen molar-refractivity contribution in [2.45, 2.75) is 19.3 Å². The van der Waals surface area contributed by atoms with E-state index in [2.05, 4.69) is 25.9 Å². The van der Waals surface area contributed by atoms with Crippen molar-refractivity contribution < 1.29 is 9.59 Å². The van der Waals surface area contributed by atoms with E-state index >= 15 is 0 Å². The molecule has 1 aliphatic rings. The van der Waals surface area contributed by atoms with Gasteiger partial charge in [-0.25, -0.2) is 9.97 Å². The third-order valence-electron chi connectivity index (χ3n) is 5.16. The average Bonchev–Trinajstić information content (AvgIpc) is 3.65. The van der Waals surface area contributed by atoms with Crippen LogP contribution in [0.15, 0.2) is 54.7 Å². The summed E-state index contributed by atoms with van der Waals surface area (Å²) in [5.74, 6) is 0.449. The van der Waals surface area contributed by atoms with Gasteiger partial charge in [-0.05, 0) is 49.6 Å². The van der Waals surface area contributed by atoms with Crippen LogP contribution in [0.25, 0.3) is 11.3 Å². The van der Waals surface area contributed by atoms with E-state index in [-0.39, 0.29) is 23.3 Å². The summed E-state index contributed by atoms with van der Waals surface area (Å²) in [5.41, 5.74) is 2.76. The first-order valence-corrected chi connectivity index (χ1v) is 11.5. The van der Waals surface area contributed by atoms with E-state index in [4.69, 9.17) is 23.2 Å². The second kappa shape index (κ2) is 10.6. The average molecular weight is 484 g/mol. The lowest BCUT2D eigenvalue weighted by Gasteiger charge is -2.10. The first kappa shape index (κ1) is 23.0. The van der Waals surface area contributed by atoms with E-state index in [1.54, 1.807) is 24.4 Å². The largest absolute Gasteiger partial charge is 0.354 e. The number of amides is 2. The lowest BCUT2D eigenvalue weighted by molar-refractivity contribution is -0.117. The van der Waals surface area contributed by atoms with Crippen LogP contribution in [0.2, 0.25) is 10.0 Å². The quantitative estimate of drug-likeness (QED) is 0.370. The Morgan fingerprint density at radius 2 is 1.70 bits per heavy atom. The number of nitrogens with zero attached hydrogens (tertiary/aromatic N) is 2. The maximum absolute atomic E-state index is 12.3. The van der Waals surface area contributed by atoms with Gasteiger partial charge in [0.25, 0.3) is 5.91 Å². The van der Waals surface area contributed by atoms with Gasteiger partial charge in [-0.2, -0.15) is 0 Å². The van der Waals surface area contributed by atoms with E-state index in [0.29, 0.717) is 35.5 Å². The highest BCUT2D eigenvalue weighted by Gasteiger charge is 2.29. The van der Waals surface area contributed by atoms with Crippen molar-refractivity contribution in [3.05, 3.63) is 70.3 Å². The number of carbonyl (C=O) groups is 2. The highest BCUT2D eigenvalue weighted by atomic mass is 35.5. The molecule has 33 heavy (non-hydrogen) atoms. The second-order valence-electron chi connectivity index (χ2n) is 7.74. The van der Waals surface area contributed by atoms with Crippen LogP contribution >= 0.6 is 23.2 Å². The molecule has 1 saturated carbocycles. The van der Waals surface area contributed by atoms with Gasteiger partial charge in [0.1, 0.15) is 0 Å². The van der Waals surface area contributed by atoms with E-state index in [0.717, 1.165) is 29.8 Å². The van der Waals surface area contributed by atoms with Crippen LogP contribution in [0.5, 0.6) is 0 Å². The van der Waals surface area contributed by atoms with Gasteiger partial charge in [0, 0.05) is 36.5 Å². The Morgan fingerprint density at radius 3 is 2.39 bits per heavy atom. The molecule has 3 N–H and O–H groups in total. The van der Waals surface area contributed by atoms with Gasteiger partial charge in [-0.1, -0.05) is 41.4 Å². The monoisotopic (exact) mass is 483 g/mol. The zero-order valence-electron chi connectivity index (χ0n) is 17.8. The van der Waals surface area contributed by atoms with Gasteiger partial charge >= 0.3 is 0 Å². The van der Waals surface area contributed by atoms with E-state index in [1.165, 1.54) is 0 Å². The molecule has 1 aromatic heterocycles. The summed E-state index contributed by atoms with van der Waals surface area (Å²) in [4.78, 5) is 33.0. The number of nitrogens with one attached hydrogen (secondary N) is 3. The number of hydrogen-bond acceptors (Lipinski definition) is 5. The molecule has 1 heterocycles. The minimum Gasteiger partial charge on any atom is -0.354 e. The third kappa shape index (κ3) is 6.21. The minimum atomic E-state index is -0.305. The Balaban J connectivity index is 1.25. The molecular formula is C24H23Cl2N5O2. The standard InChI is InChI=1S/C24H23Cl2N5O2/c25-18-3-1-4-19(26)21(18)23(33)27-12-2-13-28-24-29-14-11-20(31-24)15-7-9-17(10-8-15)30-22(32)16-5-6-16/h1,3-4,7-11,14,16H,2,5-6,12-13H2,(H,27,33)(H,30,32)(H,28,29,31). The zero-order valence-corrected chi connectivity index (χ0v) is 19.3. The molecule has 2 amide bonds. The predicted octanol–water partition coefficient (Wildman–Crippen LogP) is 5.03. The number of aromatic nitrogens is 2. The van der Waals surface area contributed by atoms with Crippen LogP contribution in [-0.4, -0.2) is 34.9 Å². The maximum atomic E-state index is 12.3. The van der Waals surface area contributed by atoms with Crippen LogP contribution in [0.1, 0.15) is 29.6 Å². The van der Waals surface area contributed by atoms with Gasteiger partial charge in [0.05, 0.1) is 21.3 Å². The lowest BCUT2D eigenvalue weighted by Crippen LogP contribution is -2.26. The Bertz CT molecular complexity index is 1130. The summed E-state index contributed by atoms with van der Waals surface area (Å²) in [6.45, 7) is 1.02. The smallest absolute Gasteiger partial charge is 0.254 e. The molecule has 0 unspecified atom stereocenters. The molecular weight excluding hydrogens is 461 g/mol. The first-order valence-electron chi connectivity index (χ1n) is 10.7. The molecule has 0 saturated heterocycles. The fourth-order valence-corrected chi connectivity index (χ4v) is 3.78. The first-order chi connectivity index (χ1) is 16.0. The molecule has 0 radical (unpaired) electrons.